The highest BCUT2D eigenvalue weighted by molar-refractivity contribution is 5.99. The molecule has 0 aliphatic heterocycles. The predicted molar refractivity (Wildman–Crippen MR) is 92.5 cm³/mol. The van der Waals surface area contributed by atoms with E-state index in [4.69, 9.17) is 5.73 Å². The number of hydrogen-bond acceptors (Lipinski definition) is 6. The van der Waals surface area contributed by atoms with Gasteiger partial charge in [-0.3, -0.25) is 4.79 Å². The smallest absolute Gasteiger partial charge is 0.250 e. The van der Waals surface area contributed by atoms with E-state index in [9.17, 15) is 4.79 Å². The van der Waals surface area contributed by atoms with Gasteiger partial charge in [-0.05, 0) is 36.8 Å². The SMILES string of the molecule is Cc1ccnc(Nc2cc(Nc3ccccc3C(N)=O)ncn2)c1. The number of nitrogens with two attached hydrogens (primary N) is 1. The molecule has 0 fully saturated rings. The van der Waals surface area contributed by atoms with Crippen LogP contribution in [0, 0.1) is 6.92 Å². The summed E-state index contributed by atoms with van der Waals surface area (Å²) in [6.45, 7) is 1.99. The Balaban J connectivity index is 1.82. The van der Waals surface area contributed by atoms with Crippen LogP contribution in [0.4, 0.5) is 23.1 Å². The summed E-state index contributed by atoms with van der Waals surface area (Å²) in [4.78, 5) is 24.0. The summed E-state index contributed by atoms with van der Waals surface area (Å²) in [5.41, 5.74) is 7.46. The third-order valence-corrected chi connectivity index (χ3v) is 3.29. The molecular formula is C17H16N6O. The molecule has 7 heteroatoms. The monoisotopic (exact) mass is 320 g/mol. The average Bonchev–Trinajstić information content (AvgIpc) is 2.55. The molecule has 1 aromatic carbocycles. The molecule has 3 rings (SSSR count). The molecule has 0 radical (unpaired) electrons. The van der Waals surface area contributed by atoms with Gasteiger partial charge in [0.1, 0.15) is 23.8 Å². The number of nitrogens with one attached hydrogen (secondary N) is 2. The summed E-state index contributed by atoms with van der Waals surface area (Å²) in [5, 5.41) is 6.19. The van der Waals surface area contributed by atoms with Gasteiger partial charge in [0.15, 0.2) is 0 Å². The van der Waals surface area contributed by atoms with E-state index in [1.165, 1.54) is 6.33 Å². The summed E-state index contributed by atoms with van der Waals surface area (Å²) in [5.74, 6) is 1.31. The maximum atomic E-state index is 11.5. The lowest BCUT2D eigenvalue weighted by molar-refractivity contribution is 0.100. The van der Waals surface area contributed by atoms with E-state index < -0.39 is 5.91 Å². The second kappa shape index (κ2) is 6.74. The van der Waals surface area contributed by atoms with E-state index in [1.807, 2.05) is 25.1 Å². The Hall–Kier alpha value is -3.48. The first-order valence-corrected chi connectivity index (χ1v) is 7.29. The van der Waals surface area contributed by atoms with E-state index in [1.54, 1.807) is 30.5 Å². The molecule has 0 aliphatic carbocycles. The van der Waals surface area contributed by atoms with Crippen LogP contribution in [0.1, 0.15) is 15.9 Å². The van der Waals surface area contributed by atoms with Gasteiger partial charge in [0, 0.05) is 12.3 Å². The Morgan fingerprint density at radius 3 is 2.42 bits per heavy atom. The van der Waals surface area contributed by atoms with Gasteiger partial charge in [0.25, 0.3) is 5.91 Å². The summed E-state index contributed by atoms with van der Waals surface area (Å²) >= 11 is 0. The number of aryl methyl sites for hydroxylation is 1. The number of hydrogen-bond donors (Lipinski definition) is 3. The van der Waals surface area contributed by atoms with Crippen molar-refractivity contribution < 1.29 is 4.79 Å². The standard InChI is InChI=1S/C17H16N6O/c1-11-6-7-19-14(8-11)23-16-9-15(20-10-21-16)22-13-5-3-2-4-12(13)17(18)24/h2-10H,1H3,(H2,18,24)(H2,19,20,21,22,23). The largest absolute Gasteiger partial charge is 0.366 e. The number of pyridine rings is 1. The van der Waals surface area contributed by atoms with E-state index in [-0.39, 0.29) is 0 Å². The quantitative estimate of drug-likeness (QED) is 0.667. The number of aromatic nitrogens is 3. The molecule has 0 aliphatic rings. The van der Waals surface area contributed by atoms with Crippen molar-refractivity contribution in [3.8, 4) is 0 Å². The van der Waals surface area contributed by atoms with E-state index in [0.29, 0.717) is 28.7 Å². The van der Waals surface area contributed by atoms with Crippen molar-refractivity contribution in [1.82, 2.24) is 15.0 Å². The first kappa shape index (κ1) is 15.4. The predicted octanol–water partition coefficient (Wildman–Crippen LogP) is 2.77. The minimum absolute atomic E-state index is 0.394. The van der Waals surface area contributed by atoms with Gasteiger partial charge >= 0.3 is 0 Å². The lowest BCUT2D eigenvalue weighted by atomic mass is 10.1. The lowest BCUT2D eigenvalue weighted by Gasteiger charge is -2.10. The van der Waals surface area contributed by atoms with Crippen LogP contribution in [0.15, 0.2) is 55.0 Å². The Bertz CT molecular complexity index is 880. The number of carbonyl (C=O) groups excluding carboxylic acids is 1. The molecule has 3 aromatic rings. The van der Waals surface area contributed by atoms with Crippen molar-refractivity contribution in [1.29, 1.82) is 0 Å². The number of amides is 1. The molecule has 1 amide bonds. The van der Waals surface area contributed by atoms with E-state index in [2.05, 4.69) is 25.6 Å². The van der Waals surface area contributed by atoms with Crippen molar-refractivity contribution in [2.45, 2.75) is 6.92 Å². The zero-order valence-corrected chi connectivity index (χ0v) is 13.0. The van der Waals surface area contributed by atoms with E-state index >= 15 is 0 Å². The van der Waals surface area contributed by atoms with Gasteiger partial charge in [0.05, 0.1) is 11.3 Å². The minimum atomic E-state index is -0.505. The summed E-state index contributed by atoms with van der Waals surface area (Å²) in [7, 11) is 0. The van der Waals surface area contributed by atoms with Gasteiger partial charge in [-0.2, -0.15) is 0 Å². The van der Waals surface area contributed by atoms with Crippen LogP contribution in [0.25, 0.3) is 0 Å². The van der Waals surface area contributed by atoms with Gasteiger partial charge < -0.3 is 16.4 Å². The molecule has 0 unspecified atom stereocenters. The van der Waals surface area contributed by atoms with Crippen molar-refractivity contribution in [3.05, 3.63) is 66.1 Å². The molecule has 0 atom stereocenters. The lowest BCUT2D eigenvalue weighted by Crippen LogP contribution is -2.13. The van der Waals surface area contributed by atoms with Crippen LogP contribution in [-0.2, 0) is 0 Å². The zero-order valence-electron chi connectivity index (χ0n) is 13.0. The normalized spacial score (nSPS) is 10.2. The van der Waals surface area contributed by atoms with Gasteiger partial charge in [-0.25, -0.2) is 15.0 Å². The summed E-state index contributed by atoms with van der Waals surface area (Å²) < 4.78 is 0. The first-order chi connectivity index (χ1) is 11.6. The number of nitrogens with zero attached hydrogens (tertiary/aromatic N) is 3. The molecule has 7 nitrogen and oxygen atoms in total. The Kier molecular flexibility index (Phi) is 4.33. The highest BCUT2D eigenvalue weighted by Crippen LogP contribution is 2.21. The fourth-order valence-electron chi connectivity index (χ4n) is 2.17. The van der Waals surface area contributed by atoms with Crippen LogP contribution in [-0.4, -0.2) is 20.9 Å². The second-order valence-corrected chi connectivity index (χ2v) is 5.17. The molecule has 120 valence electrons. The fourth-order valence-corrected chi connectivity index (χ4v) is 2.17. The molecule has 2 heterocycles. The Morgan fingerprint density at radius 2 is 1.67 bits per heavy atom. The van der Waals surface area contributed by atoms with E-state index in [0.717, 1.165) is 5.56 Å². The Labute approximate surface area is 139 Å². The molecule has 24 heavy (non-hydrogen) atoms. The van der Waals surface area contributed by atoms with Crippen LogP contribution in [0.3, 0.4) is 0 Å². The number of para-hydroxylation sites is 1. The van der Waals surface area contributed by atoms with Gasteiger partial charge in [-0.1, -0.05) is 12.1 Å². The molecule has 0 saturated carbocycles. The first-order valence-electron chi connectivity index (χ1n) is 7.29. The Morgan fingerprint density at radius 1 is 0.958 bits per heavy atom. The topological polar surface area (TPSA) is 106 Å². The molecule has 0 bridgehead atoms. The highest BCUT2D eigenvalue weighted by Gasteiger charge is 2.08. The van der Waals surface area contributed by atoms with Crippen LogP contribution < -0.4 is 16.4 Å². The third kappa shape index (κ3) is 3.64. The maximum absolute atomic E-state index is 11.5. The van der Waals surface area contributed by atoms with Gasteiger partial charge in [-0.15, -0.1) is 0 Å². The van der Waals surface area contributed by atoms with Crippen molar-refractivity contribution in [2.24, 2.45) is 5.73 Å². The van der Waals surface area contributed by atoms with Crippen molar-refractivity contribution in [3.63, 3.8) is 0 Å². The van der Waals surface area contributed by atoms with Crippen molar-refractivity contribution in [2.75, 3.05) is 10.6 Å². The second-order valence-electron chi connectivity index (χ2n) is 5.17. The van der Waals surface area contributed by atoms with Gasteiger partial charge in [0.2, 0.25) is 0 Å². The van der Waals surface area contributed by atoms with Crippen LogP contribution in [0.2, 0.25) is 0 Å². The third-order valence-electron chi connectivity index (χ3n) is 3.29. The summed E-state index contributed by atoms with van der Waals surface area (Å²) in [6, 6.07) is 12.5. The number of rotatable bonds is 5. The highest BCUT2D eigenvalue weighted by atomic mass is 16.1. The number of anilines is 4. The fraction of sp³-hybridized carbons (Fsp3) is 0.0588. The molecule has 4 N–H and O–H groups in total. The molecule has 0 saturated heterocycles. The minimum Gasteiger partial charge on any atom is -0.366 e. The van der Waals surface area contributed by atoms with Crippen LogP contribution >= 0.6 is 0 Å². The summed E-state index contributed by atoms with van der Waals surface area (Å²) in [6.07, 6.45) is 3.15. The zero-order chi connectivity index (χ0) is 16.9. The number of primary amides is 1. The average molecular weight is 320 g/mol. The molecule has 0 spiro atoms. The van der Waals surface area contributed by atoms with Crippen LogP contribution in [0.5, 0.6) is 0 Å². The van der Waals surface area contributed by atoms with Crippen molar-refractivity contribution >= 4 is 29.0 Å². The maximum Gasteiger partial charge on any atom is 0.250 e. The molecule has 2 aromatic heterocycles. The number of benzene rings is 1. The molecular weight excluding hydrogens is 304 g/mol. The number of carbonyl (C=O) groups is 1.